The molecule has 0 saturated carbocycles. The van der Waals surface area contributed by atoms with Gasteiger partial charge < -0.3 is 10.4 Å². The predicted molar refractivity (Wildman–Crippen MR) is 68.1 cm³/mol. The van der Waals surface area contributed by atoms with Crippen molar-refractivity contribution in [1.82, 2.24) is 5.32 Å². The fourth-order valence-corrected chi connectivity index (χ4v) is 1.96. The Morgan fingerprint density at radius 3 is 2.50 bits per heavy atom. The Hall–Kier alpha value is -2.36. The van der Waals surface area contributed by atoms with Gasteiger partial charge in [0.25, 0.3) is 0 Å². The lowest BCUT2D eigenvalue weighted by Gasteiger charge is -2.15. The van der Waals surface area contributed by atoms with E-state index in [-0.39, 0.29) is 6.04 Å². The molecule has 0 fully saturated rings. The van der Waals surface area contributed by atoms with E-state index >= 15 is 0 Å². The molecule has 1 amide bonds. The summed E-state index contributed by atoms with van der Waals surface area (Å²) in [5, 5.41) is 13.1. The number of rotatable bonds is 2. The average molecular weight is 243 g/mol. The molecule has 2 N–H and O–H groups in total. The first kappa shape index (κ1) is 12.1. The van der Waals surface area contributed by atoms with Crippen LogP contribution in [0.5, 0.6) is 0 Å². The highest BCUT2D eigenvalue weighted by Crippen LogP contribution is 2.23. The van der Waals surface area contributed by atoms with E-state index in [1.165, 1.54) is 0 Å². The Kier molecular flexibility index (Phi) is 3.28. The molecule has 1 atom stereocenters. The molecule has 0 aliphatic heterocycles. The fourth-order valence-electron chi connectivity index (χ4n) is 1.96. The number of carbonyl (C=O) groups excluding carboxylic acids is 1. The quantitative estimate of drug-likeness (QED) is 0.794. The molecule has 0 heterocycles. The highest BCUT2D eigenvalue weighted by molar-refractivity contribution is 6.31. The number of fused-ring (bicyclic) bond motifs is 1. The van der Waals surface area contributed by atoms with Crippen molar-refractivity contribution in [3.63, 3.8) is 0 Å². The topological polar surface area (TPSA) is 66.4 Å². The molecule has 2 rings (SSSR count). The highest BCUT2D eigenvalue weighted by Gasteiger charge is 2.16. The van der Waals surface area contributed by atoms with Crippen molar-refractivity contribution in [3.8, 4) is 0 Å². The summed E-state index contributed by atoms with van der Waals surface area (Å²) in [6, 6.07) is 13.2. The normalized spacial score (nSPS) is 12.1. The summed E-state index contributed by atoms with van der Waals surface area (Å²) in [7, 11) is 0. The van der Waals surface area contributed by atoms with Gasteiger partial charge in [-0.25, -0.2) is 4.79 Å². The molecule has 0 spiro atoms. The molecule has 2 aromatic rings. The second-order valence-electron chi connectivity index (χ2n) is 4.07. The van der Waals surface area contributed by atoms with E-state index in [2.05, 4.69) is 5.32 Å². The van der Waals surface area contributed by atoms with Crippen molar-refractivity contribution < 1.29 is 14.7 Å². The van der Waals surface area contributed by atoms with Gasteiger partial charge in [0.2, 0.25) is 0 Å². The summed E-state index contributed by atoms with van der Waals surface area (Å²) in [6.07, 6.45) is 0. The number of carbonyl (C=O) groups is 2. The van der Waals surface area contributed by atoms with Gasteiger partial charge in [0, 0.05) is 0 Å². The zero-order valence-corrected chi connectivity index (χ0v) is 9.88. The number of carboxylic acids is 1. The summed E-state index contributed by atoms with van der Waals surface area (Å²) in [4.78, 5) is 21.7. The molecule has 0 radical (unpaired) electrons. The van der Waals surface area contributed by atoms with E-state index < -0.39 is 11.9 Å². The van der Waals surface area contributed by atoms with Gasteiger partial charge in [-0.15, -0.1) is 0 Å². The van der Waals surface area contributed by atoms with Crippen LogP contribution in [0.1, 0.15) is 18.5 Å². The lowest BCUT2D eigenvalue weighted by Crippen LogP contribution is -2.32. The number of hydrogen-bond donors (Lipinski definition) is 2. The van der Waals surface area contributed by atoms with Crippen molar-refractivity contribution in [1.29, 1.82) is 0 Å². The van der Waals surface area contributed by atoms with E-state index in [0.717, 1.165) is 16.3 Å². The van der Waals surface area contributed by atoms with Crippen LogP contribution in [-0.2, 0) is 9.59 Å². The highest BCUT2D eigenvalue weighted by atomic mass is 16.4. The van der Waals surface area contributed by atoms with Gasteiger partial charge in [-0.05, 0) is 23.3 Å². The Bertz CT molecular complexity index is 602. The van der Waals surface area contributed by atoms with Crippen LogP contribution in [0.25, 0.3) is 10.8 Å². The third-order valence-electron chi connectivity index (χ3n) is 2.83. The molecule has 2 aromatic carbocycles. The Morgan fingerprint density at radius 1 is 1.11 bits per heavy atom. The lowest BCUT2D eigenvalue weighted by atomic mass is 10.00. The predicted octanol–water partition coefficient (Wildman–Crippen LogP) is 2.10. The number of amides is 1. The molecule has 0 saturated heterocycles. The average Bonchev–Trinajstić information content (AvgIpc) is 2.37. The van der Waals surface area contributed by atoms with Gasteiger partial charge in [-0.3, -0.25) is 4.79 Å². The third-order valence-corrected chi connectivity index (χ3v) is 2.83. The van der Waals surface area contributed by atoms with Crippen LogP contribution in [-0.4, -0.2) is 17.0 Å². The summed E-state index contributed by atoms with van der Waals surface area (Å²) >= 11 is 0. The minimum Gasteiger partial charge on any atom is -0.474 e. The SMILES string of the molecule is C[C@H](NC(=O)C(=O)O)c1cccc2ccccc12. The van der Waals surface area contributed by atoms with E-state index in [1.807, 2.05) is 42.5 Å². The smallest absolute Gasteiger partial charge is 0.394 e. The monoisotopic (exact) mass is 243 g/mol. The van der Waals surface area contributed by atoms with Crippen LogP contribution in [0, 0.1) is 0 Å². The van der Waals surface area contributed by atoms with Gasteiger partial charge in [-0.1, -0.05) is 42.5 Å². The maximum atomic E-state index is 11.2. The second-order valence-corrected chi connectivity index (χ2v) is 4.07. The van der Waals surface area contributed by atoms with Crippen molar-refractivity contribution in [2.45, 2.75) is 13.0 Å². The molecule has 0 unspecified atom stereocenters. The van der Waals surface area contributed by atoms with E-state index in [1.54, 1.807) is 6.92 Å². The van der Waals surface area contributed by atoms with Gasteiger partial charge >= 0.3 is 11.9 Å². The maximum Gasteiger partial charge on any atom is 0.394 e. The summed E-state index contributed by atoms with van der Waals surface area (Å²) in [5.41, 5.74) is 0.905. The molecule has 0 bridgehead atoms. The van der Waals surface area contributed by atoms with Crippen molar-refractivity contribution >= 4 is 22.6 Å². The molecular weight excluding hydrogens is 230 g/mol. The summed E-state index contributed by atoms with van der Waals surface area (Å²) in [5.74, 6) is -2.46. The fraction of sp³-hybridized carbons (Fsp3) is 0.143. The zero-order valence-electron chi connectivity index (χ0n) is 9.88. The van der Waals surface area contributed by atoms with Crippen LogP contribution < -0.4 is 5.32 Å². The third kappa shape index (κ3) is 2.32. The molecule has 0 aliphatic carbocycles. The van der Waals surface area contributed by atoms with Gasteiger partial charge in [0.1, 0.15) is 0 Å². The van der Waals surface area contributed by atoms with Crippen LogP contribution in [0.2, 0.25) is 0 Å². The summed E-state index contributed by atoms with van der Waals surface area (Å²) in [6.45, 7) is 1.77. The van der Waals surface area contributed by atoms with Crippen molar-refractivity contribution in [3.05, 3.63) is 48.0 Å². The largest absolute Gasteiger partial charge is 0.474 e. The molecule has 18 heavy (non-hydrogen) atoms. The van der Waals surface area contributed by atoms with Crippen molar-refractivity contribution in [2.24, 2.45) is 0 Å². The second kappa shape index (κ2) is 4.87. The van der Waals surface area contributed by atoms with E-state index in [4.69, 9.17) is 5.11 Å². The Labute approximate surface area is 104 Å². The summed E-state index contributed by atoms with van der Waals surface area (Å²) < 4.78 is 0. The molecule has 4 heteroatoms. The van der Waals surface area contributed by atoms with Crippen LogP contribution in [0.4, 0.5) is 0 Å². The number of carboxylic acid groups (broad SMARTS) is 1. The van der Waals surface area contributed by atoms with Crippen LogP contribution in [0.15, 0.2) is 42.5 Å². The standard InChI is InChI=1S/C14H13NO3/c1-9(15-13(16)14(17)18)11-8-4-6-10-5-2-3-7-12(10)11/h2-9H,1H3,(H,15,16)(H,17,18)/t9-/m0/s1. The first-order valence-electron chi connectivity index (χ1n) is 5.61. The molecule has 0 aromatic heterocycles. The van der Waals surface area contributed by atoms with E-state index in [0.29, 0.717) is 0 Å². The zero-order chi connectivity index (χ0) is 13.1. The number of hydrogen-bond acceptors (Lipinski definition) is 2. The first-order valence-corrected chi connectivity index (χ1v) is 5.61. The Morgan fingerprint density at radius 2 is 1.78 bits per heavy atom. The van der Waals surface area contributed by atoms with Crippen molar-refractivity contribution in [2.75, 3.05) is 0 Å². The number of aliphatic carboxylic acids is 1. The van der Waals surface area contributed by atoms with Gasteiger partial charge in [0.15, 0.2) is 0 Å². The minimum atomic E-state index is -1.47. The minimum absolute atomic E-state index is 0.348. The van der Waals surface area contributed by atoms with E-state index in [9.17, 15) is 9.59 Å². The lowest BCUT2D eigenvalue weighted by molar-refractivity contribution is -0.150. The van der Waals surface area contributed by atoms with Gasteiger partial charge in [-0.2, -0.15) is 0 Å². The maximum absolute atomic E-state index is 11.2. The van der Waals surface area contributed by atoms with Crippen LogP contribution >= 0.6 is 0 Å². The molecular formula is C14H13NO3. The number of benzene rings is 2. The Balaban J connectivity index is 2.36. The molecule has 4 nitrogen and oxygen atoms in total. The van der Waals surface area contributed by atoms with Gasteiger partial charge in [0.05, 0.1) is 6.04 Å². The van der Waals surface area contributed by atoms with Crippen LogP contribution in [0.3, 0.4) is 0 Å². The number of nitrogens with one attached hydrogen (secondary N) is 1. The molecule has 92 valence electrons. The molecule has 0 aliphatic rings. The first-order chi connectivity index (χ1) is 8.59.